The Hall–Kier alpha value is -1.06. The maximum atomic E-state index is 5.71. The van der Waals surface area contributed by atoms with Crippen LogP contribution in [0.15, 0.2) is 18.2 Å². The first-order chi connectivity index (χ1) is 8.65. The Kier molecular flexibility index (Phi) is 6.16. The lowest BCUT2D eigenvalue weighted by Gasteiger charge is -2.27. The van der Waals surface area contributed by atoms with E-state index in [-0.39, 0.29) is 0 Å². The van der Waals surface area contributed by atoms with Crippen molar-refractivity contribution in [2.24, 2.45) is 5.73 Å². The Morgan fingerprint density at radius 1 is 1.33 bits per heavy atom. The van der Waals surface area contributed by atoms with E-state index >= 15 is 0 Å². The molecule has 0 saturated carbocycles. The van der Waals surface area contributed by atoms with Crippen LogP contribution in [0.3, 0.4) is 0 Å². The van der Waals surface area contributed by atoms with Crippen molar-refractivity contribution in [2.75, 3.05) is 13.7 Å². The second-order valence-corrected chi connectivity index (χ2v) is 4.67. The van der Waals surface area contributed by atoms with Gasteiger partial charge in [-0.2, -0.15) is 0 Å². The molecule has 0 saturated heterocycles. The lowest BCUT2D eigenvalue weighted by Crippen LogP contribution is -2.32. The van der Waals surface area contributed by atoms with Gasteiger partial charge in [-0.15, -0.1) is 0 Å². The van der Waals surface area contributed by atoms with Gasteiger partial charge in [0.15, 0.2) is 0 Å². The third-order valence-corrected chi connectivity index (χ3v) is 3.57. The third-order valence-electron chi connectivity index (χ3n) is 3.57. The van der Waals surface area contributed by atoms with E-state index < -0.39 is 0 Å². The van der Waals surface area contributed by atoms with Crippen LogP contribution in [0.4, 0.5) is 0 Å². The zero-order valence-corrected chi connectivity index (χ0v) is 12.1. The molecule has 0 bridgehead atoms. The summed E-state index contributed by atoms with van der Waals surface area (Å²) in [6, 6.07) is 6.79. The molecule has 2 N–H and O–H groups in total. The highest BCUT2D eigenvalue weighted by Gasteiger charge is 2.13. The van der Waals surface area contributed by atoms with Gasteiger partial charge in [-0.05, 0) is 37.6 Å². The van der Waals surface area contributed by atoms with Gasteiger partial charge < -0.3 is 10.5 Å². The van der Waals surface area contributed by atoms with E-state index in [4.69, 9.17) is 10.5 Å². The van der Waals surface area contributed by atoms with Crippen LogP contribution in [-0.2, 0) is 13.1 Å². The van der Waals surface area contributed by atoms with Gasteiger partial charge in [-0.25, -0.2) is 0 Å². The molecule has 0 spiro atoms. The van der Waals surface area contributed by atoms with E-state index in [0.717, 1.165) is 30.8 Å². The molecule has 102 valence electrons. The molecular weight excluding hydrogens is 224 g/mol. The average Bonchev–Trinajstić information content (AvgIpc) is 2.43. The minimum Gasteiger partial charge on any atom is -0.496 e. The van der Waals surface area contributed by atoms with Crippen molar-refractivity contribution < 1.29 is 4.74 Å². The Morgan fingerprint density at radius 3 is 2.56 bits per heavy atom. The van der Waals surface area contributed by atoms with Crippen LogP contribution in [0.2, 0.25) is 0 Å². The first kappa shape index (κ1) is 15.0. The van der Waals surface area contributed by atoms with Crippen LogP contribution in [0.1, 0.15) is 38.3 Å². The normalized spacial score (nSPS) is 12.8. The topological polar surface area (TPSA) is 38.5 Å². The molecule has 3 heteroatoms. The molecular formula is C15H26N2O. The van der Waals surface area contributed by atoms with Crippen molar-refractivity contribution in [3.05, 3.63) is 29.3 Å². The number of benzene rings is 1. The molecule has 0 heterocycles. The number of nitrogens with two attached hydrogens (primary N) is 1. The van der Waals surface area contributed by atoms with Gasteiger partial charge in [-0.3, -0.25) is 4.90 Å². The van der Waals surface area contributed by atoms with Crippen LogP contribution in [-0.4, -0.2) is 24.6 Å². The second kappa shape index (κ2) is 7.39. The van der Waals surface area contributed by atoms with Crippen LogP contribution >= 0.6 is 0 Å². The van der Waals surface area contributed by atoms with E-state index in [0.29, 0.717) is 12.6 Å². The summed E-state index contributed by atoms with van der Waals surface area (Å²) in [5.41, 5.74) is 8.09. The van der Waals surface area contributed by atoms with Crippen molar-refractivity contribution in [1.82, 2.24) is 4.90 Å². The van der Waals surface area contributed by atoms with Gasteiger partial charge >= 0.3 is 0 Å². The summed E-state index contributed by atoms with van der Waals surface area (Å²) < 4.78 is 5.44. The number of ether oxygens (including phenoxy) is 1. The first-order valence-corrected chi connectivity index (χ1v) is 6.76. The van der Waals surface area contributed by atoms with Gasteiger partial charge in [0, 0.05) is 24.7 Å². The number of rotatable bonds is 7. The summed E-state index contributed by atoms with van der Waals surface area (Å²) in [4.78, 5) is 2.46. The molecule has 1 unspecified atom stereocenters. The molecule has 0 aliphatic heterocycles. The minimum absolute atomic E-state index is 0.576. The number of hydrogen-bond acceptors (Lipinski definition) is 3. The fourth-order valence-electron chi connectivity index (χ4n) is 2.14. The van der Waals surface area contributed by atoms with Gasteiger partial charge in [-0.1, -0.05) is 19.9 Å². The highest BCUT2D eigenvalue weighted by molar-refractivity contribution is 5.37. The van der Waals surface area contributed by atoms with Gasteiger partial charge in [0.1, 0.15) is 5.75 Å². The lowest BCUT2D eigenvalue weighted by atomic mass is 10.1. The van der Waals surface area contributed by atoms with E-state index in [9.17, 15) is 0 Å². The van der Waals surface area contributed by atoms with E-state index in [1.165, 1.54) is 5.56 Å². The van der Waals surface area contributed by atoms with Gasteiger partial charge in [0.05, 0.1) is 7.11 Å². The summed E-state index contributed by atoms with van der Waals surface area (Å²) in [6.45, 7) is 9.23. The lowest BCUT2D eigenvalue weighted by molar-refractivity contribution is 0.203. The van der Waals surface area contributed by atoms with E-state index in [1.807, 2.05) is 12.1 Å². The molecule has 0 radical (unpaired) electrons. The second-order valence-electron chi connectivity index (χ2n) is 4.67. The highest BCUT2D eigenvalue weighted by atomic mass is 16.5. The van der Waals surface area contributed by atoms with Crippen LogP contribution in [0.25, 0.3) is 0 Å². The quantitative estimate of drug-likeness (QED) is 0.808. The standard InChI is InChI=1S/C15H26N2O/c1-5-12(3)17(6-2)11-14-9-13(10-16)7-8-15(14)18-4/h7-9,12H,5-6,10-11,16H2,1-4H3. The molecule has 0 amide bonds. The van der Waals surface area contributed by atoms with Crippen molar-refractivity contribution in [3.8, 4) is 5.75 Å². The largest absolute Gasteiger partial charge is 0.496 e. The molecule has 3 nitrogen and oxygen atoms in total. The zero-order chi connectivity index (χ0) is 13.5. The summed E-state index contributed by atoms with van der Waals surface area (Å²) in [5.74, 6) is 0.953. The summed E-state index contributed by atoms with van der Waals surface area (Å²) in [5, 5.41) is 0. The van der Waals surface area contributed by atoms with E-state index in [2.05, 4.69) is 31.7 Å². The smallest absolute Gasteiger partial charge is 0.123 e. The summed E-state index contributed by atoms with van der Waals surface area (Å²) in [7, 11) is 1.72. The average molecular weight is 250 g/mol. The third kappa shape index (κ3) is 3.72. The SMILES string of the molecule is CCC(C)N(CC)Cc1cc(CN)ccc1OC. The number of hydrogen-bond donors (Lipinski definition) is 1. The molecule has 0 aliphatic rings. The van der Waals surface area contributed by atoms with E-state index in [1.54, 1.807) is 7.11 Å². The molecule has 1 rings (SSSR count). The molecule has 0 aromatic heterocycles. The maximum Gasteiger partial charge on any atom is 0.123 e. The Balaban J connectivity index is 2.92. The molecule has 1 atom stereocenters. The zero-order valence-electron chi connectivity index (χ0n) is 12.1. The fraction of sp³-hybridized carbons (Fsp3) is 0.600. The number of nitrogens with zero attached hydrogens (tertiary/aromatic N) is 1. The monoisotopic (exact) mass is 250 g/mol. The predicted molar refractivity (Wildman–Crippen MR) is 76.7 cm³/mol. The maximum absolute atomic E-state index is 5.71. The predicted octanol–water partition coefficient (Wildman–Crippen LogP) is 2.77. The Morgan fingerprint density at radius 2 is 2.06 bits per heavy atom. The van der Waals surface area contributed by atoms with Crippen LogP contribution < -0.4 is 10.5 Å². The minimum atomic E-state index is 0.576. The highest BCUT2D eigenvalue weighted by Crippen LogP contribution is 2.22. The summed E-state index contributed by atoms with van der Waals surface area (Å²) in [6.07, 6.45) is 1.16. The van der Waals surface area contributed by atoms with Crippen molar-refractivity contribution in [1.29, 1.82) is 0 Å². The Labute approximate surface area is 111 Å². The van der Waals surface area contributed by atoms with Gasteiger partial charge in [0.2, 0.25) is 0 Å². The molecule has 0 aliphatic carbocycles. The van der Waals surface area contributed by atoms with Crippen LogP contribution in [0, 0.1) is 0 Å². The fourth-order valence-corrected chi connectivity index (χ4v) is 2.14. The Bertz CT molecular complexity index is 366. The first-order valence-electron chi connectivity index (χ1n) is 6.76. The number of methoxy groups -OCH3 is 1. The molecule has 1 aromatic carbocycles. The van der Waals surface area contributed by atoms with Crippen molar-refractivity contribution in [3.63, 3.8) is 0 Å². The summed E-state index contributed by atoms with van der Waals surface area (Å²) >= 11 is 0. The molecule has 0 fully saturated rings. The van der Waals surface area contributed by atoms with Crippen molar-refractivity contribution in [2.45, 2.75) is 46.3 Å². The van der Waals surface area contributed by atoms with Gasteiger partial charge in [0.25, 0.3) is 0 Å². The van der Waals surface area contributed by atoms with Crippen molar-refractivity contribution >= 4 is 0 Å². The van der Waals surface area contributed by atoms with Crippen LogP contribution in [0.5, 0.6) is 5.75 Å². The molecule has 1 aromatic rings. The molecule has 18 heavy (non-hydrogen) atoms.